The summed E-state index contributed by atoms with van der Waals surface area (Å²) < 4.78 is 4.88. The normalized spacial score (nSPS) is 31.5. The Morgan fingerprint density at radius 2 is 2.13 bits per heavy atom. The van der Waals surface area contributed by atoms with E-state index in [9.17, 15) is 4.79 Å². The number of rotatable bonds is 4. The van der Waals surface area contributed by atoms with Crippen LogP contribution in [-0.2, 0) is 9.53 Å². The van der Waals surface area contributed by atoms with Crippen LogP contribution in [0.25, 0.3) is 0 Å². The quantitative estimate of drug-likeness (QED) is 0.705. The molecular weight excluding hydrogens is 190 g/mol. The van der Waals surface area contributed by atoms with Gasteiger partial charge in [-0.1, -0.05) is 6.42 Å². The van der Waals surface area contributed by atoms with Crippen molar-refractivity contribution < 1.29 is 9.53 Å². The van der Waals surface area contributed by atoms with Gasteiger partial charge in [-0.15, -0.1) is 0 Å². The van der Waals surface area contributed by atoms with Crippen LogP contribution in [0.5, 0.6) is 0 Å². The van der Waals surface area contributed by atoms with Gasteiger partial charge in [0.15, 0.2) is 5.78 Å². The third kappa shape index (κ3) is 2.58. The molecule has 0 aromatic heterocycles. The summed E-state index contributed by atoms with van der Waals surface area (Å²) >= 11 is 0. The summed E-state index contributed by atoms with van der Waals surface area (Å²) in [6.45, 7) is 1.99. The van der Waals surface area contributed by atoms with Gasteiger partial charge in [-0.2, -0.15) is 0 Å². The van der Waals surface area contributed by atoms with E-state index < -0.39 is 0 Å². The van der Waals surface area contributed by atoms with Gasteiger partial charge in [-0.05, 0) is 38.1 Å². The molecule has 0 aromatic rings. The van der Waals surface area contributed by atoms with E-state index in [-0.39, 0.29) is 12.4 Å². The van der Waals surface area contributed by atoms with Crippen LogP contribution < -0.4 is 0 Å². The number of ketones is 1. The fourth-order valence-electron chi connectivity index (χ4n) is 3.19. The molecule has 0 bridgehead atoms. The van der Waals surface area contributed by atoms with Crippen LogP contribution in [0.4, 0.5) is 0 Å². The molecule has 0 radical (unpaired) electrons. The lowest BCUT2D eigenvalue weighted by Crippen LogP contribution is -2.45. The highest BCUT2D eigenvalue weighted by Crippen LogP contribution is 2.36. The lowest BCUT2D eigenvalue weighted by Gasteiger charge is -2.37. The molecule has 2 rings (SSSR count). The predicted molar refractivity (Wildman–Crippen MR) is 58.8 cm³/mol. The zero-order valence-electron chi connectivity index (χ0n) is 9.58. The van der Waals surface area contributed by atoms with Gasteiger partial charge < -0.3 is 4.74 Å². The average molecular weight is 211 g/mol. The summed E-state index contributed by atoms with van der Waals surface area (Å²) in [4.78, 5) is 13.9. The Bertz CT molecular complexity index is 230. The highest BCUT2D eigenvalue weighted by Gasteiger charge is 2.35. The largest absolute Gasteiger partial charge is 0.377 e. The van der Waals surface area contributed by atoms with Crippen molar-refractivity contribution in [1.29, 1.82) is 0 Å². The Morgan fingerprint density at radius 3 is 2.93 bits per heavy atom. The van der Waals surface area contributed by atoms with Crippen molar-refractivity contribution in [3.8, 4) is 0 Å². The van der Waals surface area contributed by atoms with E-state index in [0.29, 0.717) is 12.6 Å². The molecule has 1 aliphatic heterocycles. The standard InChI is InChI=1S/C12H21NO2/c1-15-9-11(14)8-13-7-3-5-10-4-2-6-12(10)13/h10,12H,2-9H2,1H3. The minimum atomic E-state index is 0.227. The third-order valence-electron chi connectivity index (χ3n) is 3.79. The number of likely N-dealkylation sites (tertiary alicyclic amines) is 1. The summed E-state index contributed by atoms with van der Waals surface area (Å²) in [6, 6.07) is 0.694. The molecule has 2 fully saturated rings. The number of hydrogen-bond donors (Lipinski definition) is 0. The number of ether oxygens (including phenoxy) is 1. The maximum Gasteiger partial charge on any atom is 0.172 e. The van der Waals surface area contributed by atoms with Crippen LogP contribution in [0.15, 0.2) is 0 Å². The smallest absolute Gasteiger partial charge is 0.172 e. The van der Waals surface area contributed by atoms with Gasteiger partial charge in [0.1, 0.15) is 6.61 Å². The average Bonchev–Trinajstić information content (AvgIpc) is 2.67. The van der Waals surface area contributed by atoms with E-state index in [1.54, 1.807) is 7.11 Å². The molecule has 15 heavy (non-hydrogen) atoms. The Morgan fingerprint density at radius 1 is 1.33 bits per heavy atom. The lowest BCUT2D eigenvalue weighted by atomic mass is 9.92. The van der Waals surface area contributed by atoms with Gasteiger partial charge >= 0.3 is 0 Å². The number of hydrogen-bond acceptors (Lipinski definition) is 3. The fourth-order valence-corrected chi connectivity index (χ4v) is 3.19. The zero-order chi connectivity index (χ0) is 10.7. The van der Waals surface area contributed by atoms with Crippen molar-refractivity contribution in [3.63, 3.8) is 0 Å². The molecule has 0 aromatic carbocycles. The second-order valence-corrected chi connectivity index (χ2v) is 4.84. The first kappa shape index (κ1) is 11.1. The molecule has 0 amide bonds. The first-order valence-electron chi connectivity index (χ1n) is 6.06. The highest BCUT2D eigenvalue weighted by molar-refractivity contribution is 5.81. The molecule has 1 heterocycles. The van der Waals surface area contributed by atoms with Crippen molar-refractivity contribution in [2.75, 3.05) is 26.8 Å². The summed E-state index contributed by atoms with van der Waals surface area (Å²) in [5.41, 5.74) is 0. The second-order valence-electron chi connectivity index (χ2n) is 4.84. The molecule has 86 valence electrons. The summed E-state index contributed by atoms with van der Waals surface area (Å²) in [5.74, 6) is 1.10. The number of Topliss-reactive ketones (excluding diaryl/α,β-unsaturated/α-hetero) is 1. The summed E-state index contributed by atoms with van der Waals surface area (Å²) in [6.07, 6.45) is 6.66. The second kappa shape index (κ2) is 5.08. The summed E-state index contributed by atoms with van der Waals surface area (Å²) in [7, 11) is 1.59. The molecule has 2 atom stereocenters. The van der Waals surface area contributed by atoms with E-state index in [4.69, 9.17) is 4.74 Å². The number of nitrogens with zero attached hydrogens (tertiary/aromatic N) is 1. The number of piperidine rings is 1. The SMILES string of the molecule is COCC(=O)CN1CCCC2CCCC21. The summed E-state index contributed by atoms with van der Waals surface area (Å²) in [5, 5.41) is 0. The van der Waals surface area contributed by atoms with Crippen LogP contribution >= 0.6 is 0 Å². The number of methoxy groups -OCH3 is 1. The van der Waals surface area contributed by atoms with Crippen LogP contribution in [0.1, 0.15) is 32.1 Å². The maximum atomic E-state index is 11.5. The van der Waals surface area contributed by atoms with Gasteiger partial charge in [-0.3, -0.25) is 9.69 Å². The van der Waals surface area contributed by atoms with E-state index >= 15 is 0 Å². The van der Waals surface area contributed by atoms with Crippen molar-refractivity contribution in [2.24, 2.45) is 5.92 Å². The van der Waals surface area contributed by atoms with Crippen LogP contribution in [0.3, 0.4) is 0 Å². The monoisotopic (exact) mass is 211 g/mol. The molecule has 0 spiro atoms. The Balaban J connectivity index is 1.87. The van der Waals surface area contributed by atoms with Crippen LogP contribution in [0, 0.1) is 5.92 Å². The topological polar surface area (TPSA) is 29.5 Å². The van der Waals surface area contributed by atoms with Crippen molar-refractivity contribution in [2.45, 2.75) is 38.1 Å². The predicted octanol–water partition coefficient (Wildman–Crippen LogP) is 1.47. The molecule has 0 N–H and O–H groups in total. The van der Waals surface area contributed by atoms with Crippen molar-refractivity contribution in [1.82, 2.24) is 4.90 Å². The van der Waals surface area contributed by atoms with Gasteiger partial charge in [0.05, 0.1) is 6.54 Å². The molecule has 3 heteroatoms. The molecular formula is C12H21NO2. The minimum Gasteiger partial charge on any atom is -0.377 e. The maximum absolute atomic E-state index is 11.5. The minimum absolute atomic E-state index is 0.227. The molecule has 1 saturated heterocycles. The van der Waals surface area contributed by atoms with Gasteiger partial charge in [0, 0.05) is 13.2 Å². The number of carbonyl (C=O) groups is 1. The first-order chi connectivity index (χ1) is 7.31. The molecule has 3 nitrogen and oxygen atoms in total. The van der Waals surface area contributed by atoms with Crippen molar-refractivity contribution in [3.05, 3.63) is 0 Å². The Kier molecular flexibility index (Phi) is 3.76. The van der Waals surface area contributed by atoms with Gasteiger partial charge in [0.2, 0.25) is 0 Å². The highest BCUT2D eigenvalue weighted by atomic mass is 16.5. The zero-order valence-corrected chi connectivity index (χ0v) is 9.58. The lowest BCUT2D eigenvalue weighted by molar-refractivity contribution is -0.124. The van der Waals surface area contributed by atoms with E-state index in [1.165, 1.54) is 32.1 Å². The van der Waals surface area contributed by atoms with E-state index in [2.05, 4.69) is 4.90 Å². The van der Waals surface area contributed by atoms with E-state index in [1.807, 2.05) is 0 Å². The van der Waals surface area contributed by atoms with Crippen molar-refractivity contribution >= 4 is 5.78 Å². The van der Waals surface area contributed by atoms with E-state index in [0.717, 1.165) is 12.5 Å². The third-order valence-corrected chi connectivity index (χ3v) is 3.79. The van der Waals surface area contributed by atoms with Gasteiger partial charge in [0.25, 0.3) is 0 Å². The van der Waals surface area contributed by atoms with Crippen LogP contribution in [-0.4, -0.2) is 43.5 Å². The Labute approximate surface area is 91.8 Å². The molecule has 1 aliphatic carbocycles. The number of fused-ring (bicyclic) bond motifs is 1. The Hall–Kier alpha value is -0.410. The molecule has 1 saturated carbocycles. The fraction of sp³-hybridized carbons (Fsp3) is 0.917. The van der Waals surface area contributed by atoms with Gasteiger partial charge in [-0.25, -0.2) is 0 Å². The van der Waals surface area contributed by atoms with Crippen LogP contribution in [0.2, 0.25) is 0 Å². The molecule has 2 aliphatic rings. The number of carbonyl (C=O) groups excluding carboxylic acids is 1. The first-order valence-corrected chi connectivity index (χ1v) is 6.06. The molecule has 2 unspecified atom stereocenters.